The first-order valence-electron chi connectivity index (χ1n) is 7.25. The number of aryl methyl sites for hydroxylation is 1. The number of hydrogen-bond donors (Lipinski definition) is 0. The van der Waals surface area contributed by atoms with Crippen LogP contribution in [0.2, 0.25) is 10.0 Å². The van der Waals surface area contributed by atoms with E-state index in [1.54, 1.807) is 17.7 Å². The van der Waals surface area contributed by atoms with Crippen molar-refractivity contribution in [2.75, 3.05) is 0 Å². The van der Waals surface area contributed by atoms with E-state index in [0.717, 1.165) is 0 Å². The fourth-order valence-corrected chi connectivity index (χ4v) is 3.11. The van der Waals surface area contributed by atoms with Crippen molar-refractivity contribution in [1.29, 1.82) is 0 Å². The number of nitro groups is 1. The van der Waals surface area contributed by atoms with Crippen LogP contribution in [0.15, 0.2) is 36.4 Å². The second-order valence-corrected chi connectivity index (χ2v) is 6.29. The van der Waals surface area contributed by atoms with Gasteiger partial charge in [-0.2, -0.15) is 5.10 Å². The van der Waals surface area contributed by atoms with Crippen molar-refractivity contribution >= 4 is 28.9 Å². The quantitative estimate of drug-likeness (QED) is 0.445. The fourth-order valence-electron chi connectivity index (χ4n) is 2.72. The Hall–Kier alpha value is -2.44. The van der Waals surface area contributed by atoms with Crippen molar-refractivity contribution in [3.8, 4) is 16.8 Å². The van der Waals surface area contributed by atoms with E-state index in [4.69, 9.17) is 23.2 Å². The topological polar surface area (TPSA) is 61.0 Å². The van der Waals surface area contributed by atoms with E-state index in [1.165, 1.54) is 30.3 Å². The van der Waals surface area contributed by atoms with Crippen LogP contribution < -0.4 is 0 Å². The minimum absolute atomic E-state index is 0.0139. The van der Waals surface area contributed by atoms with Crippen molar-refractivity contribution in [2.24, 2.45) is 0 Å². The molecule has 0 fully saturated rings. The zero-order chi connectivity index (χ0) is 18.3. The lowest BCUT2D eigenvalue weighted by Crippen LogP contribution is -1.99. The lowest BCUT2D eigenvalue weighted by molar-refractivity contribution is -0.384. The summed E-state index contributed by atoms with van der Waals surface area (Å²) in [5.74, 6) is -0.520. The highest BCUT2D eigenvalue weighted by Gasteiger charge is 2.20. The second-order valence-electron chi connectivity index (χ2n) is 5.48. The zero-order valence-electron chi connectivity index (χ0n) is 13.3. The third-order valence-electron chi connectivity index (χ3n) is 3.87. The average Bonchev–Trinajstić information content (AvgIpc) is 2.85. The van der Waals surface area contributed by atoms with Crippen molar-refractivity contribution in [2.45, 2.75) is 13.8 Å². The van der Waals surface area contributed by atoms with E-state index in [-0.39, 0.29) is 10.7 Å². The SMILES string of the molecule is Cc1nn(-c2ccc(F)c(Cl)c2)c(C)c1-c1cc([N+](=O)[O-])ccc1Cl. The van der Waals surface area contributed by atoms with Crippen LogP contribution in [0.3, 0.4) is 0 Å². The van der Waals surface area contributed by atoms with E-state index in [2.05, 4.69) is 5.10 Å². The molecule has 25 heavy (non-hydrogen) atoms. The molecule has 0 aliphatic rings. The van der Waals surface area contributed by atoms with E-state index < -0.39 is 10.7 Å². The third kappa shape index (κ3) is 3.10. The smallest absolute Gasteiger partial charge is 0.258 e. The maximum absolute atomic E-state index is 13.4. The molecule has 0 aliphatic heterocycles. The van der Waals surface area contributed by atoms with Gasteiger partial charge in [-0.1, -0.05) is 23.2 Å². The molecule has 0 bridgehead atoms. The zero-order valence-corrected chi connectivity index (χ0v) is 14.8. The molecule has 3 rings (SSSR count). The molecule has 0 N–H and O–H groups in total. The molecule has 8 heteroatoms. The number of aromatic nitrogens is 2. The first-order chi connectivity index (χ1) is 11.8. The molecule has 3 aromatic rings. The van der Waals surface area contributed by atoms with Crippen molar-refractivity contribution < 1.29 is 9.31 Å². The number of nitrogens with zero attached hydrogens (tertiary/aromatic N) is 3. The normalized spacial score (nSPS) is 10.9. The van der Waals surface area contributed by atoms with Gasteiger partial charge in [0.15, 0.2) is 0 Å². The fraction of sp³-hybridized carbons (Fsp3) is 0.118. The van der Waals surface area contributed by atoms with Gasteiger partial charge in [-0.15, -0.1) is 0 Å². The Balaban J connectivity index is 2.20. The summed E-state index contributed by atoms with van der Waals surface area (Å²) in [7, 11) is 0. The van der Waals surface area contributed by atoms with Gasteiger partial charge in [0.2, 0.25) is 0 Å². The summed E-state index contributed by atoms with van der Waals surface area (Å²) < 4.78 is 15.0. The van der Waals surface area contributed by atoms with Crippen LogP contribution in [0.25, 0.3) is 16.8 Å². The minimum atomic E-state index is -0.520. The predicted molar refractivity (Wildman–Crippen MR) is 95.1 cm³/mol. The Bertz CT molecular complexity index is 1000. The van der Waals surface area contributed by atoms with E-state index in [0.29, 0.717) is 33.2 Å². The number of benzene rings is 2. The molecule has 0 unspecified atom stereocenters. The van der Waals surface area contributed by atoms with Crippen LogP contribution in [0.4, 0.5) is 10.1 Å². The summed E-state index contributed by atoms with van der Waals surface area (Å²) in [6, 6.07) is 8.53. The Kier molecular flexibility index (Phi) is 4.49. The molecule has 0 spiro atoms. The summed E-state index contributed by atoms with van der Waals surface area (Å²) in [6.45, 7) is 3.58. The van der Waals surface area contributed by atoms with E-state index in [1.807, 2.05) is 6.92 Å². The first-order valence-corrected chi connectivity index (χ1v) is 8.01. The molecule has 0 radical (unpaired) electrons. The van der Waals surface area contributed by atoms with Gasteiger partial charge in [0.05, 0.1) is 21.3 Å². The lowest BCUT2D eigenvalue weighted by atomic mass is 10.0. The van der Waals surface area contributed by atoms with Crippen LogP contribution in [0.1, 0.15) is 11.4 Å². The average molecular weight is 380 g/mol. The maximum atomic E-state index is 13.4. The summed E-state index contributed by atoms with van der Waals surface area (Å²) in [5, 5.41) is 15.9. The van der Waals surface area contributed by atoms with Crippen molar-refractivity contribution in [1.82, 2.24) is 9.78 Å². The number of rotatable bonds is 3. The molecule has 0 amide bonds. The summed E-state index contributed by atoms with van der Waals surface area (Å²) >= 11 is 12.1. The highest BCUT2D eigenvalue weighted by molar-refractivity contribution is 6.33. The predicted octanol–water partition coefficient (Wildman–Crippen LogP) is 5.51. The minimum Gasteiger partial charge on any atom is -0.258 e. The molecular formula is C17H12Cl2FN3O2. The molecule has 0 atom stereocenters. The number of hydrogen-bond acceptors (Lipinski definition) is 3. The molecule has 1 heterocycles. The molecule has 0 saturated heterocycles. The second kappa shape index (κ2) is 6.46. The maximum Gasteiger partial charge on any atom is 0.270 e. The summed E-state index contributed by atoms with van der Waals surface area (Å²) in [6.07, 6.45) is 0. The van der Waals surface area contributed by atoms with Gasteiger partial charge in [-0.25, -0.2) is 9.07 Å². The molecule has 2 aromatic carbocycles. The third-order valence-corrected chi connectivity index (χ3v) is 4.49. The van der Waals surface area contributed by atoms with Crippen LogP contribution in [-0.2, 0) is 0 Å². The van der Waals surface area contributed by atoms with Gasteiger partial charge < -0.3 is 0 Å². The van der Waals surface area contributed by atoms with Gasteiger partial charge >= 0.3 is 0 Å². The molecule has 0 saturated carbocycles. The number of nitro benzene ring substituents is 1. The number of halogens is 3. The molecule has 128 valence electrons. The lowest BCUT2D eigenvalue weighted by Gasteiger charge is -2.08. The largest absolute Gasteiger partial charge is 0.270 e. The van der Waals surface area contributed by atoms with Crippen LogP contribution in [-0.4, -0.2) is 14.7 Å². The molecule has 0 aliphatic carbocycles. The standard InChI is InChI=1S/C17H12Cl2FN3O2/c1-9-17(13-7-12(23(24)25)3-5-14(13)18)10(2)22(21-9)11-4-6-16(20)15(19)8-11/h3-8H,1-2H3. The Morgan fingerprint density at radius 2 is 1.84 bits per heavy atom. The van der Waals surface area contributed by atoms with E-state index >= 15 is 0 Å². The molecule has 5 nitrogen and oxygen atoms in total. The van der Waals surface area contributed by atoms with E-state index in [9.17, 15) is 14.5 Å². The van der Waals surface area contributed by atoms with Crippen LogP contribution in [0, 0.1) is 29.8 Å². The summed E-state index contributed by atoms with van der Waals surface area (Å²) in [4.78, 5) is 10.6. The molecule has 1 aromatic heterocycles. The Morgan fingerprint density at radius 3 is 2.48 bits per heavy atom. The van der Waals surface area contributed by atoms with Gasteiger partial charge in [-0.05, 0) is 38.1 Å². The number of non-ortho nitro benzene ring substituents is 1. The van der Waals surface area contributed by atoms with Crippen LogP contribution in [0.5, 0.6) is 0 Å². The van der Waals surface area contributed by atoms with Gasteiger partial charge in [0, 0.05) is 34.0 Å². The first kappa shape index (κ1) is 17.4. The Morgan fingerprint density at radius 1 is 1.12 bits per heavy atom. The van der Waals surface area contributed by atoms with Gasteiger partial charge in [0.1, 0.15) is 5.82 Å². The Labute approximate surface area is 152 Å². The monoisotopic (exact) mass is 379 g/mol. The van der Waals surface area contributed by atoms with Crippen molar-refractivity contribution in [3.63, 3.8) is 0 Å². The van der Waals surface area contributed by atoms with Gasteiger partial charge in [-0.3, -0.25) is 10.1 Å². The highest BCUT2D eigenvalue weighted by atomic mass is 35.5. The van der Waals surface area contributed by atoms with Crippen LogP contribution >= 0.6 is 23.2 Å². The van der Waals surface area contributed by atoms with Gasteiger partial charge in [0.25, 0.3) is 5.69 Å². The highest BCUT2D eigenvalue weighted by Crippen LogP contribution is 2.36. The summed E-state index contributed by atoms with van der Waals surface area (Å²) in [5.41, 5.74) is 3.08. The van der Waals surface area contributed by atoms with Crippen molar-refractivity contribution in [3.05, 3.63) is 73.8 Å². The molecular weight excluding hydrogens is 368 g/mol.